The molecule has 1 atom stereocenters. The fourth-order valence-electron chi connectivity index (χ4n) is 0.987. The van der Waals surface area contributed by atoms with Crippen molar-refractivity contribution in [3.63, 3.8) is 0 Å². The maximum atomic E-state index is 10.2. The maximum absolute atomic E-state index is 10.2. The van der Waals surface area contributed by atoms with Crippen LogP contribution in [0.15, 0.2) is 24.3 Å². The molecule has 0 heterocycles. The summed E-state index contributed by atoms with van der Waals surface area (Å²) in [4.78, 5) is 10.2. The summed E-state index contributed by atoms with van der Waals surface area (Å²) in [5, 5.41) is 20.0. The summed E-state index contributed by atoms with van der Waals surface area (Å²) in [5.74, 6) is 0. The van der Waals surface area contributed by atoms with Crippen molar-refractivity contribution in [3.8, 4) is 0 Å². The number of aliphatic hydroxyl groups excluding tert-OH is 1. The van der Waals surface area contributed by atoms with Crippen molar-refractivity contribution in [1.29, 1.82) is 0 Å². The molecule has 0 radical (unpaired) electrons. The molecule has 14 heavy (non-hydrogen) atoms. The van der Waals surface area contributed by atoms with Crippen LogP contribution in [0.5, 0.6) is 0 Å². The molecular weight excluding hydrogens is 297 g/mol. The van der Waals surface area contributed by atoms with Crippen LogP contribution in [0.3, 0.4) is 0 Å². The van der Waals surface area contributed by atoms with E-state index in [9.17, 15) is 9.90 Å². The fourth-order valence-corrected chi connectivity index (χ4v) is 1.35. The second-order valence-corrected chi connectivity index (χ2v) is 4.00. The second-order valence-electron chi connectivity index (χ2n) is 2.75. The second kappa shape index (κ2) is 5.16. The van der Waals surface area contributed by atoms with E-state index in [1.54, 1.807) is 12.1 Å². The molecule has 3 N–H and O–H groups in total. The van der Waals surface area contributed by atoms with Crippen LogP contribution in [0.4, 0.5) is 4.79 Å². The first kappa shape index (κ1) is 11.3. The average molecular weight is 307 g/mol. The molecule has 0 unspecified atom stereocenters. The van der Waals surface area contributed by atoms with Crippen LogP contribution in [0.25, 0.3) is 0 Å². The summed E-state index contributed by atoms with van der Waals surface area (Å²) in [6.07, 6.45) is -1.92. The van der Waals surface area contributed by atoms with Gasteiger partial charge in [-0.05, 0) is 40.3 Å². The topological polar surface area (TPSA) is 69.6 Å². The third kappa shape index (κ3) is 3.51. The summed E-state index contributed by atoms with van der Waals surface area (Å²) in [5.41, 5.74) is 0.708. The predicted octanol–water partition coefficient (Wildman–Crippen LogP) is 1.59. The van der Waals surface area contributed by atoms with Crippen LogP contribution in [0.1, 0.15) is 11.7 Å². The van der Waals surface area contributed by atoms with Gasteiger partial charge in [0.2, 0.25) is 0 Å². The van der Waals surface area contributed by atoms with Gasteiger partial charge in [0.05, 0.1) is 12.6 Å². The summed E-state index contributed by atoms with van der Waals surface area (Å²) in [6.45, 7) is 0.00985. The highest BCUT2D eigenvalue weighted by molar-refractivity contribution is 14.1. The minimum absolute atomic E-state index is 0.00985. The van der Waals surface area contributed by atoms with E-state index in [2.05, 4.69) is 27.9 Å². The molecule has 76 valence electrons. The number of carboxylic acid groups (broad SMARTS) is 1. The zero-order valence-electron chi connectivity index (χ0n) is 7.27. The van der Waals surface area contributed by atoms with Gasteiger partial charge in [0.25, 0.3) is 0 Å². The van der Waals surface area contributed by atoms with Crippen LogP contribution < -0.4 is 5.32 Å². The number of hydrogen-bond donors (Lipinski definition) is 3. The molecule has 0 aromatic heterocycles. The summed E-state index contributed by atoms with van der Waals surface area (Å²) in [6, 6.07) is 7.27. The van der Waals surface area contributed by atoms with Gasteiger partial charge in [-0.25, -0.2) is 4.79 Å². The zero-order valence-corrected chi connectivity index (χ0v) is 9.43. The number of carbonyl (C=O) groups is 1. The Morgan fingerprint density at radius 3 is 2.50 bits per heavy atom. The van der Waals surface area contributed by atoms with Crippen molar-refractivity contribution in [1.82, 2.24) is 5.32 Å². The minimum atomic E-state index is -1.13. The predicted molar refractivity (Wildman–Crippen MR) is 60.1 cm³/mol. The van der Waals surface area contributed by atoms with Crippen LogP contribution in [0, 0.1) is 3.57 Å². The Morgan fingerprint density at radius 2 is 2.00 bits per heavy atom. The summed E-state index contributed by atoms with van der Waals surface area (Å²) >= 11 is 2.16. The van der Waals surface area contributed by atoms with Crippen molar-refractivity contribution in [2.45, 2.75) is 6.10 Å². The molecule has 0 aliphatic carbocycles. The van der Waals surface area contributed by atoms with E-state index >= 15 is 0 Å². The van der Waals surface area contributed by atoms with Crippen molar-refractivity contribution in [2.24, 2.45) is 0 Å². The Hall–Kier alpha value is -0.820. The highest BCUT2D eigenvalue weighted by atomic mass is 127. The number of aliphatic hydroxyl groups is 1. The normalized spacial score (nSPS) is 12.1. The lowest BCUT2D eigenvalue weighted by atomic mass is 10.1. The SMILES string of the molecule is O=C(O)NC[C@@H](O)c1ccc(I)cc1. The molecule has 0 bridgehead atoms. The molecule has 0 fully saturated rings. The maximum Gasteiger partial charge on any atom is 0.404 e. The van der Waals surface area contributed by atoms with Crippen LogP contribution in [0.2, 0.25) is 0 Å². The van der Waals surface area contributed by atoms with Gasteiger partial charge < -0.3 is 15.5 Å². The Labute approximate surface area is 95.1 Å². The van der Waals surface area contributed by atoms with Crippen molar-refractivity contribution in [2.75, 3.05) is 6.54 Å². The lowest BCUT2D eigenvalue weighted by Crippen LogP contribution is -2.26. The molecular formula is C9H10INO3. The third-order valence-corrected chi connectivity index (χ3v) is 2.42. The van der Waals surface area contributed by atoms with Crippen molar-refractivity contribution >= 4 is 28.7 Å². The molecule has 4 nitrogen and oxygen atoms in total. The molecule has 0 aliphatic heterocycles. The van der Waals surface area contributed by atoms with E-state index in [0.717, 1.165) is 3.57 Å². The number of halogens is 1. The van der Waals surface area contributed by atoms with Gasteiger partial charge in [-0.2, -0.15) is 0 Å². The van der Waals surface area contributed by atoms with E-state index in [1.807, 2.05) is 12.1 Å². The average Bonchev–Trinajstić information content (AvgIpc) is 2.15. The van der Waals surface area contributed by atoms with E-state index in [4.69, 9.17) is 5.11 Å². The van der Waals surface area contributed by atoms with Crippen molar-refractivity contribution < 1.29 is 15.0 Å². The summed E-state index contributed by atoms with van der Waals surface area (Å²) in [7, 11) is 0. The molecule has 5 heteroatoms. The Kier molecular flexibility index (Phi) is 4.15. The molecule has 0 saturated carbocycles. The Balaban J connectivity index is 2.56. The third-order valence-electron chi connectivity index (χ3n) is 1.70. The van der Waals surface area contributed by atoms with Crippen molar-refractivity contribution in [3.05, 3.63) is 33.4 Å². The molecule has 1 aromatic rings. The first-order chi connectivity index (χ1) is 6.59. The molecule has 0 saturated heterocycles. The minimum Gasteiger partial charge on any atom is -0.465 e. The molecule has 1 amide bonds. The highest BCUT2D eigenvalue weighted by Crippen LogP contribution is 2.13. The van der Waals surface area contributed by atoms with Gasteiger partial charge in [-0.3, -0.25) is 0 Å². The van der Waals surface area contributed by atoms with Gasteiger partial charge >= 0.3 is 6.09 Å². The lowest BCUT2D eigenvalue weighted by Gasteiger charge is -2.10. The van der Waals surface area contributed by atoms with Gasteiger partial charge in [0.15, 0.2) is 0 Å². The van der Waals surface area contributed by atoms with E-state index in [0.29, 0.717) is 5.56 Å². The quantitative estimate of drug-likeness (QED) is 0.743. The molecule has 0 aliphatic rings. The first-order valence-corrected chi connectivity index (χ1v) is 5.08. The van der Waals surface area contributed by atoms with Gasteiger partial charge in [-0.15, -0.1) is 0 Å². The van der Waals surface area contributed by atoms with Crippen LogP contribution in [-0.4, -0.2) is 22.9 Å². The Morgan fingerprint density at radius 1 is 1.43 bits per heavy atom. The molecule has 0 spiro atoms. The van der Waals surface area contributed by atoms with E-state index in [1.165, 1.54) is 0 Å². The largest absolute Gasteiger partial charge is 0.465 e. The number of benzene rings is 1. The number of rotatable bonds is 3. The van der Waals surface area contributed by atoms with Gasteiger partial charge in [0.1, 0.15) is 0 Å². The monoisotopic (exact) mass is 307 g/mol. The van der Waals surface area contributed by atoms with E-state index in [-0.39, 0.29) is 6.54 Å². The lowest BCUT2D eigenvalue weighted by molar-refractivity contribution is 0.159. The number of amides is 1. The van der Waals surface area contributed by atoms with E-state index < -0.39 is 12.2 Å². The highest BCUT2D eigenvalue weighted by Gasteiger charge is 2.07. The molecule has 1 aromatic carbocycles. The van der Waals surface area contributed by atoms with Gasteiger partial charge in [-0.1, -0.05) is 12.1 Å². The molecule has 1 rings (SSSR count). The smallest absolute Gasteiger partial charge is 0.404 e. The van der Waals surface area contributed by atoms with Crippen LogP contribution >= 0.6 is 22.6 Å². The van der Waals surface area contributed by atoms with Crippen LogP contribution in [-0.2, 0) is 0 Å². The standard InChI is InChI=1S/C9H10INO3/c10-7-3-1-6(2-4-7)8(12)5-11-9(13)14/h1-4,8,11-12H,5H2,(H,13,14)/t8-/m1/s1. The first-order valence-electron chi connectivity index (χ1n) is 4.00. The number of nitrogens with one attached hydrogen (secondary N) is 1. The Bertz CT molecular complexity index is 312. The fraction of sp³-hybridized carbons (Fsp3) is 0.222. The van der Waals surface area contributed by atoms with Gasteiger partial charge in [0, 0.05) is 3.57 Å². The zero-order chi connectivity index (χ0) is 10.6. The number of hydrogen-bond acceptors (Lipinski definition) is 2. The summed E-state index contributed by atoms with van der Waals surface area (Å²) < 4.78 is 1.07.